The molecule has 0 saturated carbocycles. The summed E-state index contributed by atoms with van der Waals surface area (Å²) in [6, 6.07) is 9.67. The number of carbonyl (C=O) groups is 1. The Balaban J connectivity index is 2.62. The zero-order chi connectivity index (χ0) is 14.3. The van der Waals surface area contributed by atoms with E-state index in [1.165, 1.54) is 0 Å². The van der Waals surface area contributed by atoms with Crippen molar-refractivity contribution in [2.75, 3.05) is 6.61 Å². The topological polar surface area (TPSA) is 62.1 Å². The van der Waals surface area contributed by atoms with Gasteiger partial charge in [0.15, 0.2) is 0 Å². The highest BCUT2D eigenvalue weighted by Gasteiger charge is 2.20. The van der Waals surface area contributed by atoms with E-state index in [0.29, 0.717) is 13.0 Å². The Morgan fingerprint density at radius 2 is 2.00 bits per heavy atom. The molecule has 0 radical (unpaired) electrons. The molecule has 1 rings (SSSR count). The molecule has 1 aromatic carbocycles. The van der Waals surface area contributed by atoms with E-state index in [1.807, 2.05) is 51.1 Å². The van der Waals surface area contributed by atoms with E-state index in [9.17, 15) is 4.79 Å². The average molecular weight is 260 g/mol. The van der Waals surface area contributed by atoms with E-state index in [4.69, 9.17) is 10.00 Å². The molecule has 19 heavy (non-hydrogen) atoms. The van der Waals surface area contributed by atoms with Gasteiger partial charge in [0, 0.05) is 5.54 Å². The van der Waals surface area contributed by atoms with E-state index in [2.05, 4.69) is 5.32 Å². The average Bonchev–Trinajstić information content (AvgIpc) is 2.31. The predicted molar refractivity (Wildman–Crippen MR) is 73.8 cm³/mol. The van der Waals surface area contributed by atoms with Crippen molar-refractivity contribution in [3.05, 3.63) is 29.8 Å². The summed E-state index contributed by atoms with van der Waals surface area (Å²) in [4.78, 5) is 11.4. The molecule has 0 aliphatic heterocycles. The summed E-state index contributed by atoms with van der Waals surface area (Å²) in [5.41, 5.74) is 0.742. The molecule has 0 atom stereocenters. The number of benzene rings is 1. The predicted octanol–water partition coefficient (Wildman–Crippen LogP) is 2.44. The number of nitrogens with one attached hydrogen (secondary N) is 1. The van der Waals surface area contributed by atoms with Gasteiger partial charge in [0.05, 0.1) is 12.7 Å². The van der Waals surface area contributed by atoms with Gasteiger partial charge in [-0.15, -0.1) is 0 Å². The number of hydrogen-bond acceptors (Lipinski definition) is 3. The Hall–Kier alpha value is -2.02. The minimum Gasteiger partial charge on any atom is -0.494 e. The van der Waals surface area contributed by atoms with Crippen LogP contribution in [-0.2, 0) is 11.2 Å². The molecule has 0 unspecified atom stereocenters. The number of ether oxygens (including phenoxy) is 1. The maximum absolute atomic E-state index is 11.4. The molecule has 1 N–H and O–H groups in total. The normalized spacial score (nSPS) is 10.6. The van der Waals surface area contributed by atoms with Crippen molar-refractivity contribution in [3.63, 3.8) is 0 Å². The third-order valence-electron chi connectivity index (χ3n) is 2.60. The van der Waals surface area contributed by atoms with Gasteiger partial charge < -0.3 is 10.1 Å². The molecule has 0 spiro atoms. The SMILES string of the molecule is CCOc1ccc(CC(C)(C)NC(=O)CC#N)cc1. The summed E-state index contributed by atoms with van der Waals surface area (Å²) < 4.78 is 5.38. The first-order valence-electron chi connectivity index (χ1n) is 6.36. The quantitative estimate of drug-likeness (QED) is 0.854. The second-order valence-electron chi connectivity index (χ2n) is 5.02. The Morgan fingerprint density at radius 1 is 1.37 bits per heavy atom. The van der Waals surface area contributed by atoms with Crippen molar-refractivity contribution >= 4 is 5.91 Å². The third kappa shape index (κ3) is 5.43. The van der Waals surface area contributed by atoms with Crippen LogP contribution < -0.4 is 10.1 Å². The summed E-state index contributed by atoms with van der Waals surface area (Å²) in [7, 11) is 0. The van der Waals surface area contributed by atoms with Gasteiger partial charge in [-0.05, 0) is 44.9 Å². The van der Waals surface area contributed by atoms with Crippen LogP contribution in [0.1, 0.15) is 32.8 Å². The van der Waals surface area contributed by atoms with Crippen molar-refractivity contribution < 1.29 is 9.53 Å². The molecule has 4 nitrogen and oxygen atoms in total. The van der Waals surface area contributed by atoms with Gasteiger partial charge in [-0.2, -0.15) is 5.26 Å². The van der Waals surface area contributed by atoms with Crippen molar-refractivity contribution in [2.45, 2.75) is 39.2 Å². The summed E-state index contributed by atoms with van der Waals surface area (Å²) in [6.07, 6.45) is 0.600. The van der Waals surface area contributed by atoms with Gasteiger partial charge in [0.2, 0.25) is 5.91 Å². The van der Waals surface area contributed by atoms with Crippen LogP contribution in [0.5, 0.6) is 5.75 Å². The molecular formula is C15H20N2O2. The minimum atomic E-state index is -0.374. The van der Waals surface area contributed by atoms with Gasteiger partial charge in [0.1, 0.15) is 12.2 Å². The van der Waals surface area contributed by atoms with Gasteiger partial charge in [0.25, 0.3) is 0 Å². The first-order chi connectivity index (χ1) is 8.96. The summed E-state index contributed by atoms with van der Waals surface area (Å²) in [5, 5.41) is 11.3. The maximum atomic E-state index is 11.4. The first-order valence-corrected chi connectivity index (χ1v) is 6.36. The van der Waals surface area contributed by atoms with Crippen molar-refractivity contribution in [3.8, 4) is 11.8 Å². The second-order valence-corrected chi connectivity index (χ2v) is 5.02. The second kappa shape index (κ2) is 6.79. The lowest BCUT2D eigenvalue weighted by Crippen LogP contribution is -2.44. The van der Waals surface area contributed by atoms with Crippen LogP contribution in [0.3, 0.4) is 0 Å². The highest BCUT2D eigenvalue weighted by Crippen LogP contribution is 2.17. The van der Waals surface area contributed by atoms with Crippen molar-refractivity contribution in [1.29, 1.82) is 5.26 Å². The van der Waals surface area contributed by atoms with Crippen molar-refractivity contribution in [2.24, 2.45) is 0 Å². The largest absolute Gasteiger partial charge is 0.494 e. The van der Waals surface area contributed by atoms with Crippen LogP contribution in [0.25, 0.3) is 0 Å². The van der Waals surface area contributed by atoms with Crippen LogP contribution >= 0.6 is 0 Å². The van der Waals surface area contributed by atoms with Gasteiger partial charge in [-0.3, -0.25) is 4.79 Å². The van der Waals surface area contributed by atoms with Crippen LogP contribution in [0, 0.1) is 11.3 Å². The Bertz CT molecular complexity index is 458. The number of nitriles is 1. The van der Waals surface area contributed by atoms with Gasteiger partial charge >= 0.3 is 0 Å². The number of nitrogens with zero attached hydrogens (tertiary/aromatic N) is 1. The molecule has 0 fully saturated rings. The lowest BCUT2D eigenvalue weighted by atomic mass is 9.94. The third-order valence-corrected chi connectivity index (χ3v) is 2.60. The molecule has 0 saturated heterocycles. The zero-order valence-corrected chi connectivity index (χ0v) is 11.7. The lowest BCUT2D eigenvalue weighted by Gasteiger charge is -2.26. The number of carbonyl (C=O) groups excluding carboxylic acids is 1. The molecule has 4 heteroatoms. The van der Waals surface area contributed by atoms with E-state index in [-0.39, 0.29) is 17.9 Å². The molecule has 0 aromatic heterocycles. The van der Waals surface area contributed by atoms with E-state index >= 15 is 0 Å². The maximum Gasteiger partial charge on any atom is 0.234 e. The van der Waals surface area contributed by atoms with Gasteiger partial charge in [-0.1, -0.05) is 12.1 Å². The fraction of sp³-hybridized carbons (Fsp3) is 0.467. The van der Waals surface area contributed by atoms with E-state index < -0.39 is 0 Å². The Morgan fingerprint density at radius 3 is 2.53 bits per heavy atom. The zero-order valence-electron chi connectivity index (χ0n) is 11.7. The molecule has 102 valence electrons. The summed E-state index contributed by atoms with van der Waals surface area (Å²) in [5.74, 6) is 0.607. The number of rotatable bonds is 6. The molecule has 1 amide bonds. The van der Waals surface area contributed by atoms with Crippen LogP contribution in [0.2, 0.25) is 0 Å². The fourth-order valence-electron chi connectivity index (χ4n) is 1.92. The molecule has 0 bridgehead atoms. The molecular weight excluding hydrogens is 240 g/mol. The molecule has 0 heterocycles. The van der Waals surface area contributed by atoms with E-state index in [1.54, 1.807) is 0 Å². The standard InChI is InChI=1S/C15H20N2O2/c1-4-19-13-7-5-12(6-8-13)11-15(2,3)17-14(18)9-10-16/h5-8H,4,9,11H2,1-3H3,(H,17,18). The van der Waals surface area contributed by atoms with Crippen LogP contribution in [0.15, 0.2) is 24.3 Å². The first kappa shape index (κ1) is 15.0. The minimum absolute atomic E-state index is 0.104. The smallest absolute Gasteiger partial charge is 0.234 e. The Labute approximate surface area is 114 Å². The van der Waals surface area contributed by atoms with Crippen LogP contribution in [0.4, 0.5) is 0 Å². The molecule has 0 aliphatic rings. The molecule has 1 aromatic rings. The number of amides is 1. The van der Waals surface area contributed by atoms with Crippen molar-refractivity contribution in [1.82, 2.24) is 5.32 Å². The number of hydrogen-bond donors (Lipinski definition) is 1. The van der Waals surface area contributed by atoms with E-state index in [0.717, 1.165) is 11.3 Å². The highest BCUT2D eigenvalue weighted by atomic mass is 16.5. The summed E-state index contributed by atoms with van der Waals surface area (Å²) >= 11 is 0. The van der Waals surface area contributed by atoms with Crippen LogP contribution in [-0.4, -0.2) is 18.1 Å². The monoisotopic (exact) mass is 260 g/mol. The highest BCUT2D eigenvalue weighted by molar-refractivity contribution is 5.78. The van der Waals surface area contributed by atoms with Gasteiger partial charge in [-0.25, -0.2) is 0 Å². The summed E-state index contributed by atoms with van der Waals surface area (Å²) in [6.45, 7) is 6.48. The Kier molecular flexibility index (Phi) is 5.37. The molecule has 0 aliphatic carbocycles. The fourth-order valence-corrected chi connectivity index (χ4v) is 1.92. The lowest BCUT2D eigenvalue weighted by molar-refractivity contribution is -0.121.